The molecule has 62 valence electrons. The number of pyridine rings is 1. The van der Waals surface area contributed by atoms with Gasteiger partial charge in [0.1, 0.15) is 5.82 Å². The molecule has 0 aliphatic carbocycles. The van der Waals surface area contributed by atoms with Crippen molar-refractivity contribution in [2.24, 2.45) is 5.73 Å². The summed E-state index contributed by atoms with van der Waals surface area (Å²) < 4.78 is 0. The lowest BCUT2D eigenvalue weighted by Gasteiger charge is -2.05. The van der Waals surface area contributed by atoms with Crippen LogP contribution in [0.15, 0.2) is 12.3 Å². The quantitative estimate of drug-likeness (QED) is 0.595. The lowest BCUT2D eigenvalue weighted by Crippen LogP contribution is -2.07. The van der Waals surface area contributed by atoms with E-state index in [0.29, 0.717) is 11.4 Å². The molecule has 1 rings (SSSR count). The predicted molar refractivity (Wildman–Crippen MR) is 49.2 cm³/mol. The van der Waals surface area contributed by atoms with Crippen LogP contribution >= 0.6 is 0 Å². The molecule has 0 bridgehead atoms. The van der Waals surface area contributed by atoms with E-state index in [-0.39, 0.29) is 6.04 Å². The second kappa shape index (κ2) is 3.24. The van der Waals surface area contributed by atoms with E-state index in [2.05, 4.69) is 10.9 Å². The van der Waals surface area contributed by atoms with Gasteiger partial charge in [-0.2, -0.15) is 0 Å². The van der Waals surface area contributed by atoms with Gasteiger partial charge in [0.05, 0.1) is 5.56 Å². The Labute approximate surface area is 71.8 Å². The first-order valence-corrected chi connectivity index (χ1v) is 3.62. The summed E-state index contributed by atoms with van der Waals surface area (Å²) >= 11 is 0. The van der Waals surface area contributed by atoms with Crippen molar-refractivity contribution >= 4 is 5.82 Å². The van der Waals surface area contributed by atoms with E-state index in [1.807, 2.05) is 6.92 Å². The van der Waals surface area contributed by atoms with E-state index in [9.17, 15) is 0 Å². The molecule has 1 atom stereocenters. The minimum absolute atomic E-state index is 0.0646. The minimum Gasteiger partial charge on any atom is -0.383 e. The van der Waals surface area contributed by atoms with Crippen LogP contribution in [-0.4, -0.2) is 4.98 Å². The van der Waals surface area contributed by atoms with Gasteiger partial charge < -0.3 is 11.5 Å². The summed E-state index contributed by atoms with van der Waals surface area (Å²) in [4.78, 5) is 3.93. The van der Waals surface area contributed by atoms with Gasteiger partial charge in [-0.15, -0.1) is 6.42 Å². The van der Waals surface area contributed by atoms with Gasteiger partial charge in [0.2, 0.25) is 0 Å². The first-order chi connectivity index (χ1) is 5.65. The Morgan fingerprint density at radius 2 is 2.33 bits per heavy atom. The summed E-state index contributed by atoms with van der Waals surface area (Å²) in [6, 6.07) is 1.72. The zero-order chi connectivity index (χ0) is 9.14. The fraction of sp³-hybridized carbons (Fsp3) is 0.222. The molecule has 0 aromatic carbocycles. The number of hydrogen-bond donors (Lipinski definition) is 2. The molecule has 4 N–H and O–H groups in total. The van der Waals surface area contributed by atoms with Crippen LogP contribution in [-0.2, 0) is 0 Å². The maximum Gasteiger partial charge on any atom is 0.139 e. The Bertz CT molecular complexity index is 323. The number of aromatic nitrogens is 1. The standard InChI is InChI=1S/C9H11N3/c1-3-7-4-8(6(2)10)5-12-9(7)11/h1,4-6H,10H2,2H3,(H2,11,12)/t6-/m0/s1. The molecule has 0 saturated heterocycles. The molecule has 3 heteroatoms. The van der Waals surface area contributed by atoms with Crippen molar-refractivity contribution in [2.45, 2.75) is 13.0 Å². The van der Waals surface area contributed by atoms with Crippen molar-refractivity contribution in [3.05, 3.63) is 23.4 Å². The molecule has 0 unspecified atom stereocenters. The van der Waals surface area contributed by atoms with Gasteiger partial charge in [-0.3, -0.25) is 0 Å². The van der Waals surface area contributed by atoms with E-state index in [0.717, 1.165) is 5.56 Å². The van der Waals surface area contributed by atoms with E-state index in [1.165, 1.54) is 0 Å². The molecule has 0 spiro atoms. The topological polar surface area (TPSA) is 64.9 Å². The highest BCUT2D eigenvalue weighted by Crippen LogP contribution is 2.13. The normalized spacial score (nSPS) is 12.1. The van der Waals surface area contributed by atoms with Crippen LogP contribution in [0.4, 0.5) is 5.82 Å². The summed E-state index contributed by atoms with van der Waals surface area (Å²) in [5, 5.41) is 0. The Morgan fingerprint density at radius 1 is 1.67 bits per heavy atom. The highest BCUT2D eigenvalue weighted by Gasteiger charge is 2.02. The molecule has 1 aromatic rings. The van der Waals surface area contributed by atoms with Gasteiger partial charge in [-0.1, -0.05) is 5.92 Å². The number of anilines is 1. The highest BCUT2D eigenvalue weighted by molar-refractivity contribution is 5.51. The lowest BCUT2D eigenvalue weighted by atomic mass is 10.1. The zero-order valence-corrected chi connectivity index (χ0v) is 6.91. The second-order valence-corrected chi connectivity index (χ2v) is 2.63. The number of rotatable bonds is 1. The first-order valence-electron chi connectivity index (χ1n) is 3.62. The molecular weight excluding hydrogens is 150 g/mol. The van der Waals surface area contributed by atoms with Crippen LogP contribution < -0.4 is 11.5 Å². The Hall–Kier alpha value is -1.53. The van der Waals surface area contributed by atoms with Gasteiger partial charge in [0, 0.05) is 12.2 Å². The number of terminal acetylenes is 1. The Morgan fingerprint density at radius 3 is 2.83 bits per heavy atom. The molecule has 1 aromatic heterocycles. The molecular formula is C9H11N3. The molecule has 0 saturated carbocycles. The van der Waals surface area contributed by atoms with Crippen molar-refractivity contribution in [2.75, 3.05) is 5.73 Å². The molecule has 0 fully saturated rings. The van der Waals surface area contributed by atoms with Crippen LogP contribution in [0.2, 0.25) is 0 Å². The number of nitrogens with two attached hydrogens (primary N) is 2. The van der Waals surface area contributed by atoms with Crippen molar-refractivity contribution in [3.8, 4) is 12.3 Å². The third kappa shape index (κ3) is 1.55. The van der Waals surface area contributed by atoms with Crippen LogP contribution in [0.5, 0.6) is 0 Å². The minimum atomic E-state index is -0.0646. The molecule has 0 radical (unpaired) electrons. The van der Waals surface area contributed by atoms with E-state index >= 15 is 0 Å². The SMILES string of the molecule is C#Cc1cc([C@H](C)N)cnc1N. The van der Waals surface area contributed by atoms with Crippen LogP contribution in [0, 0.1) is 12.3 Å². The third-order valence-electron chi connectivity index (χ3n) is 1.62. The Kier molecular flexibility index (Phi) is 2.32. The highest BCUT2D eigenvalue weighted by atomic mass is 14.8. The molecule has 3 nitrogen and oxygen atoms in total. The second-order valence-electron chi connectivity index (χ2n) is 2.63. The van der Waals surface area contributed by atoms with Crippen LogP contribution in [0.25, 0.3) is 0 Å². The molecule has 1 heterocycles. The fourth-order valence-corrected chi connectivity index (χ4v) is 0.856. The summed E-state index contributed by atoms with van der Waals surface area (Å²) in [5.41, 5.74) is 12.6. The zero-order valence-electron chi connectivity index (χ0n) is 6.91. The smallest absolute Gasteiger partial charge is 0.139 e. The monoisotopic (exact) mass is 161 g/mol. The van der Waals surface area contributed by atoms with Gasteiger partial charge in [0.25, 0.3) is 0 Å². The van der Waals surface area contributed by atoms with Gasteiger partial charge in [-0.05, 0) is 18.6 Å². The largest absolute Gasteiger partial charge is 0.383 e. The fourth-order valence-electron chi connectivity index (χ4n) is 0.856. The van der Waals surface area contributed by atoms with Crippen molar-refractivity contribution < 1.29 is 0 Å². The summed E-state index contributed by atoms with van der Waals surface area (Å²) in [5.74, 6) is 2.82. The maximum absolute atomic E-state index is 5.64. The van der Waals surface area contributed by atoms with Crippen LogP contribution in [0.3, 0.4) is 0 Å². The van der Waals surface area contributed by atoms with Crippen LogP contribution in [0.1, 0.15) is 24.1 Å². The lowest BCUT2D eigenvalue weighted by molar-refractivity contribution is 0.812. The molecule has 0 amide bonds. The van der Waals surface area contributed by atoms with Gasteiger partial charge in [-0.25, -0.2) is 4.98 Å². The van der Waals surface area contributed by atoms with E-state index < -0.39 is 0 Å². The van der Waals surface area contributed by atoms with Gasteiger partial charge in [0.15, 0.2) is 0 Å². The molecule has 12 heavy (non-hydrogen) atoms. The van der Waals surface area contributed by atoms with E-state index in [4.69, 9.17) is 17.9 Å². The average molecular weight is 161 g/mol. The number of hydrogen-bond acceptors (Lipinski definition) is 3. The molecule has 0 aliphatic heterocycles. The summed E-state index contributed by atoms with van der Waals surface area (Å²) in [7, 11) is 0. The number of nitrogens with zero attached hydrogens (tertiary/aromatic N) is 1. The van der Waals surface area contributed by atoms with Gasteiger partial charge >= 0.3 is 0 Å². The first kappa shape index (κ1) is 8.57. The maximum atomic E-state index is 5.64. The summed E-state index contributed by atoms with van der Waals surface area (Å²) in [6.07, 6.45) is 6.85. The third-order valence-corrected chi connectivity index (χ3v) is 1.62. The predicted octanol–water partition coefficient (Wildman–Crippen LogP) is 0.665. The Balaban J connectivity index is 3.16. The molecule has 0 aliphatic rings. The van der Waals surface area contributed by atoms with Crippen molar-refractivity contribution in [1.82, 2.24) is 4.98 Å². The van der Waals surface area contributed by atoms with Crippen molar-refractivity contribution in [3.63, 3.8) is 0 Å². The van der Waals surface area contributed by atoms with E-state index in [1.54, 1.807) is 12.3 Å². The summed E-state index contributed by atoms with van der Waals surface area (Å²) in [6.45, 7) is 1.87. The van der Waals surface area contributed by atoms with Crippen molar-refractivity contribution in [1.29, 1.82) is 0 Å². The number of nitrogen functional groups attached to an aromatic ring is 1. The average Bonchev–Trinajstić information content (AvgIpc) is 2.05.